The third kappa shape index (κ3) is 6.23. The molecule has 2 N–H and O–H groups in total. The molecule has 2 aromatic carbocycles. The fourth-order valence-corrected chi connectivity index (χ4v) is 3.14. The van der Waals surface area contributed by atoms with Gasteiger partial charge in [0, 0.05) is 11.3 Å². The summed E-state index contributed by atoms with van der Waals surface area (Å²) >= 11 is 0. The topological polar surface area (TPSA) is 75.3 Å². The fourth-order valence-electron chi connectivity index (χ4n) is 2.58. The largest absolute Gasteiger partial charge is 0.345 e. The SMILES string of the molecule is CC(C)C[C@H](NC(=O)c1ccc(NS(C)(=O)=O)cc1)c1ccccc1. The number of sulfonamides is 1. The Morgan fingerprint density at radius 2 is 1.60 bits per heavy atom. The predicted octanol–water partition coefficient (Wildman–Crippen LogP) is 3.58. The fraction of sp³-hybridized carbons (Fsp3) is 0.316. The van der Waals surface area contributed by atoms with Crippen LogP contribution in [0.4, 0.5) is 5.69 Å². The number of hydrogen-bond donors (Lipinski definition) is 2. The van der Waals surface area contributed by atoms with Crippen LogP contribution in [0.5, 0.6) is 0 Å². The summed E-state index contributed by atoms with van der Waals surface area (Å²) in [6, 6.07) is 16.2. The number of carbonyl (C=O) groups is 1. The monoisotopic (exact) mass is 360 g/mol. The van der Waals surface area contributed by atoms with Gasteiger partial charge in [0.1, 0.15) is 0 Å². The molecule has 0 aliphatic carbocycles. The summed E-state index contributed by atoms with van der Waals surface area (Å²) in [5.74, 6) is 0.257. The van der Waals surface area contributed by atoms with Crippen LogP contribution in [-0.4, -0.2) is 20.6 Å². The molecule has 0 heterocycles. The lowest BCUT2D eigenvalue weighted by atomic mass is 9.96. The molecule has 0 fully saturated rings. The molecule has 0 aromatic heterocycles. The van der Waals surface area contributed by atoms with Crippen LogP contribution in [0, 0.1) is 5.92 Å². The van der Waals surface area contributed by atoms with E-state index in [9.17, 15) is 13.2 Å². The number of benzene rings is 2. The van der Waals surface area contributed by atoms with Gasteiger partial charge in [-0.1, -0.05) is 44.2 Å². The summed E-state index contributed by atoms with van der Waals surface area (Å²) < 4.78 is 24.8. The van der Waals surface area contributed by atoms with Crippen LogP contribution in [0.1, 0.15) is 42.2 Å². The van der Waals surface area contributed by atoms with Crippen molar-refractivity contribution in [2.45, 2.75) is 26.3 Å². The molecule has 0 aliphatic rings. The first-order valence-electron chi connectivity index (χ1n) is 8.18. The molecular formula is C19H24N2O3S. The molecule has 5 nitrogen and oxygen atoms in total. The highest BCUT2D eigenvalue weighted by Crippen LogP contribution is 2.22. The van der Waals surface area contributed by atoms with Crippen molar-refractivity contribution in [2.24, 2.45) is 5.92 Å². The van der Waals surface area contributed by atoms with Crippen LogP contribution in [-0.2, 0) is 10.0 Å². The minimum atomic E-state index is -3.33. The van der Waals surface area contributed by atoms with Gasteiger partial charge in [-0.05, 0) is 42.2 Å². The number of rotatable bonds is 7. The van der Waals surface area contributed by atoms with E-state index in [-0.39, 0.29) is 11.9 Å². The van der Waals surface area contributed by atoms with Crippen molar-refractivity contribution in [1.29, 1.82) is 0 Å². The number of amides is 1. The summed E-state index contributed by atoms with van der Waals surface area (Å²) in [6.07, 6.45) is 1.92. The molecule has 0 saturated heterocycles. The molecule has 1 atom stereocenters. The quantitative estimate of drug-likeness (QED) is 0.792. The van der Waals surface area contributed by atoms with E-state index in [1.54, 1.807) is 24.3 Å². The third-order valence-corrected chi connectivity index (χ3v) is 4.27. The minimum Gasteiger partial charge on any atom is -0.345 e. The zero-order valence-corrected chi connectivity index (χ0v) is 15.5. The second kappa shape index (κ2) is 8.16. The van der Waals surface area contributed by atoms with Crippen LogP contribution in [0.3, 0.4) is 0 Å². The number of carbonyl (C=O) groups excluding carboxylic acids is 1. The van der Waals surface area contributed by atoms with Crippen molar-refractivity contribution < 1.29 is 13.2 Å². The summed E-state index contributed by atoms with van der Waals surface area (Å²) in [6.45, 7) is 4.24. The highest BCUT2D eigenvalue weighted by molar-refractivity contribution is 7.92. The van der Waals surface area contributed by atoms with Gasteiger partial charge in [0.15, 0.2) is 0 Å². The maximum absolute atomic E-state index is 12.6. The third-order valence-electron chi connectivity index (χ3n) is 3.66. The molecule has 0 radical (unpaired) electrons. The van der Waals surface area contributed by atoms with Crippen LogP contribution >= 0.6 is 0 Å². The highest BCUT2D eigenvalue weighted by Gasteiger charge is 2.17. The normalized spacial score (nSPS) is 12.6. The van der Waals surface area contributed by atoms with Crippen LogP contribution in [0.15, 0.2) is 54.6 Å². The second-order valence-corrected chi connectivity index (χ2v) is 8.27. The van der Waals surface area contributed by atoms with Crippen molar-refractivity contribution in [2.75, 3.05) is 11.0 Å². The van der Waals surface area contributed by atoms with Gasteiger partial charge in [-0.25, -0.2) is 8.42 Å². The Kier molecular flexibility index (Phi) is 6.20. The van der Waals surface area contributed by atoms with E-state index in [4.69, 9.17) is 0 Å². The molecule has 6 heteroatoms. The van der Waals surface area contributed by atoms with E-state index in [0.29, 0.717) is 17.2 Å². The Labute approximate surface area is 149 Å². The van der Waals surface area contributed by atoms with Crippen molar-refractivity contribution in [3.8, 4) is 0 Å². The van der Waals surface area contributed by atoms with E-state index in [0.717, 1.165) is 18.2 Å². The van der Waals surface area contributed by atoms with E-state index < -0.39 is 10.0 Å². The summed E-state index contributed by atoms with van der Waals surface area (Å²) in [4.78, 5) is 12.6. The molecule has 0 saturated carbocycles. The van der Waals surface area contributed by atoms with Gasteiger partial charge >= 0.3 is 0 Å². The van der Waals surface area contributed by atoms with E-state index in [1.807, 2.05) is 30.3 Å². The Morgan fingerprint density at radius 1 is 1.00 bits per heavy atom. The maximum Gasteiger partial charge on any atom is 0.251 e. The maximum atomic E-state index is 12.6. The summed E-state index contributed by atoms with van der Waals surface area (Å²) in [5, 5.41) is 3.07. The number of anilines is 1. The van der Waals surface area contributed by atoms with Gasteiger partial charge in [-0.2, -0.15) is 0 Å². The summed E-state index contributed by atoms with van der Waals surface area (Å²) in [5.41, 5.74) is 1.99. The van der Waals surface area contributed by atoms with Gasteiger partial charge in [-0.3, -0.25) is 9.52 Å². The van der Waals surface area contributed by atoms with Crippen molar-refractivity contribution in [1.82, 2.24) is 5.32 Å². The van der Waals surface area contributed by atoms with Crippen LogP contribution < -0.4 is 10.0 Å². The molecule has 0 unspecified atom stereocenters. The van der Waals surface area contributed by atoms with E-state index >= 15 is 0 Å². The van der Waals surface area contributed by atoms with Gasteiger partial charge in [0.05, 0.1) is 12.3 Å². The Bertz CT molecular complexity index is 800. The number of nitrogens with one attached hydrogen (secondary N) is 2. The lowest BCUT2D eigenvalue weighted by Gasteiger charge is -2.21. The highest BCUT2D eigenvalue weighted by atomic mass is 32.2. The molecule has 25 heavy (non-hydrogen) atoms. The first kappa shape index (κ1) is 19.0. The standard InChI is InChI=1S/C19H24N2O3S/c1-14(2)13-18(15-7-5-4-6-8-15)20-19(22)16-9-11-17(12-10-16)21-25(3,23)24/h4-12,14,18,21H,13H2,1-3H3,(H,20,22)/t18-/m0/s1. The smallest absolute Gasteiger partial charge is 0.251 e. The zero-order valence-electron chi connectivity index (χ0n) is 14.7. The lowest BCUT2D eigenvalue weighted by Crippen LogP contribution is -2.29. The molecule has 2 aromatic rings. The summed E-state index contributed by atoms with van der Waals surface area (Å²) in [7, 11) is -3.33. The van der Waals surface area contributed by atoms with Gasteiger partial charge < -0.3 is 5.32 Å². The molecule has 2 rings (SSSR count). The van der Waals surface area contributed by atoms with E-state index in [1.165, 1.54) is 0 Å². The van der Waals surface area contributed by atoms with E-state index in [2.05, 4.69) is 23.9 Å². The minimum absolute atomic E-state index is 0.0671. The molecule has 134 valence electrons. The predicted molar refractivity (Wildman–Crippen MR) is 101 cm³/mol. The molecule has 0 aliphatic heterocycles. The molecule has 0 spiro atoms. The first-order valence-corrected chi connectivity index (χ1v) is 10.1. The van der Waals surface area contributed by atoms with Gasteiger partial charge in [0.25, 0.3) is 5.91 Å². The van der Waals surface area contributed by atoms with Gasteiger partial charge in [-0.15, -0.1) is 0 Å². The Morgan fingerprint density at radius 3 is 2.12 bits per heavy atom. The van der Waals surface area contributed by atoms with Crippen molar-refractivity contribution in [3.05, 3.63) is 65.7 Å². The molecular weight excluding hydrogens is 336 g/mol. The average Bonchev–Trinajstić information content (AvgIpc) is 2.54. The Balaban J connectivity index is 2.12. The first-order chi connectivity index (χ1) is 11.7. The van der Waals surface area contributed by atoms with Crippen molar-refractivity contribution in [3.63, 3.8) is 0 Å². The van der Waals surface area contributed by atoms with Crippen LogP contribution in [0.2, 0.25) is 0 Å². The average molecular weight is 360 g/mol. The lowest BCUT2D eigenvalue weighted by molar-refractivity contribution is 0.0932. The number of hydrogen-bond acceptors (Lipinski definition) is 3. The Hall–Kier alpha value is -2.34. The zero-order chi connectivity index (χ0) is 18.4. The van der Waals surface area contributed by atoms with Gasteiger partial charge in [0.2, 0.25) is 10.0 Å². The van der Waals surface area contributed by atoms with Crippen molar-refractivity contribution >= 4 is 21.6 Å². The second-order valence-electron chi connectivity index (χ2n) is 6.52. The van der Waals surface area contributed by atoms with Crippen LogP contribution in [0.25, 0.3) is 0 Å². The molecule has 0 bridgehead atoms. The molecule has 1 amide bonds.